The van der Waals surface area contributed by atoms with Crippen LogP contribution in [0.25, 0.3) is 0 Å². The summed E-state index contributed by atoms with van der Waals surface area (Å²) in [7, 11) is 2.13. The highest BCUT2D eigenvalue weighted by Crippen LogP contribution is 2.30. The lowest BCUT2D eigenvalue weighted by atomic mass is 10.1. The predicted molar refractivity (Wildman–Crippen MR) is 84.6 cm³/mol. The van der Waals surface area contributed by atoms with Gasteiger partial charge in [-0.15, -0.1) is 0 Å². The smallest absolute Gasteiger partial charge is 0.226 e. The monoisotopic (exact) mass is 295 g/mol. The Morgan fingerprint density at radius 1 is 1.25 bits per heavy atom. The first kappa shape index (κ1) is 15.1. The number of piperazine rings is 1. The van der Waals surface area contributed by atoms with Crippen LogP contribution in [0.15, 0.2) is 18.2 Å². The van der Waals surface area contributed by atoms with Gasteiger partial charge in [0.05, 0.1) is 11.4 Å². The topological polar surface area (TPSA) is 35.6 Å². The normalized spacial score (nSPS) is 16.6. The summed E-state index contributed by atoms with van der Waals surface area (Å²) in [5, 5.41) is 3.62. The Bertz CT molecular complexity index is 482. The summed E-state index contributed by atoms with van der Waals surface area (Å²) >= 11 is 6.06. The highest BCUT2D eigenvalue weighted by Gasteiger charge is 2.18. The lowest BCUT2D eigenvalue weighted by molar-refractivity contribution is -0.118. The fourth-order valence-electron chi connectivity index (χ4n) is 2.21. The molecule has 110 valence electrons. The molecule has 0 bridgehead atoms. The fraction of sp³-hybridized carbons (Fsp3) is 0.533. The van der Waals surface area contributed by atoms with Crippen LogP contribution in [0.5, 0.6) is 0 Å². The van der Waals surface area contributed by atoms with Crippen molar-refractivity contribution in [2.45, 2.75) is 13.8 Å². The number of carbonyl (C=O) groups is 1. The maximum atomic E-state index is 11.9. The maximum Gasteiger partial charge on any atom is 0.226 e. The van der Waals surface area contributed by atoms with Crippen LogP contribution in [0.4, 0.5) is 11.4 Å². The largest absolute Gasteiger partial charge is 0.367 e. The van der Waals surface area contributed by atoms with Crippen LogP contribution in [0.1, 0.15) is 13.8 Å². The van der Waals surface area contributed by atoms with Crippen LogP contribution in [0.3, 0.4) is 0 Å². The van der Waals surface area contributed by atoms with Gasteiger partial charge >= 0.3 is 0 Å². The van der Waals surface area contributed by atoms with Crippen molar-refractivity contribution >= 4 is 28.9 Å². The molecule has 0 saturated carbocycles. The first-order valence-corrected chi connectivity index (χ1v) is 7.39. The molecule has 20 heavy (non-hydrogen) atoms. The third kappa shape index (κ3) is 3.64. The summed E-state index contributed by atoms with van der Waals surface area (Å²) in [4.78, 5) is 16.5. The quantitative estimate of drug-likeness (QED) is 0.931. The molecule has 1 aromatic carbocycles. The molecule has 0 aromatic heterocycles. The molecule has 4 nitrogen and oxygen atoms in total. The van der Waals surface area contributed by atoms with Gasteiger partial charge in [0.2, 0.25) is 5.91 Å². The average Bonchev–Trinajstić information content (AvgIpc) is 2.40. The minimum absolute atomic E-state index is 0.0163. The van der Waals surface area contributed by atoms with E-state index in [0.29, 0.717) is 5.02 Å². The molecule has 1 heterocycles. The molecule has 1 N–H and O–H groups in total. The second-order valence-electron chi connectivity index (χ2n) is 5.60. The Labute approximate surface area is 125 Å². The van der Waals surface area contributed by atoms with E-state index in [2.05, 4.69) is 22.2 Å². The lowest BCUT2D eigenvalue weighted by Crippen LogP contribution is -2.44. The molecule has 0 unspecified atom stereocenters. The number of carbonyl (C=O) groups excluding carboxylic acids is 1. The summed E-state index contributed by atoms with van der Waals surface area (Å²) in [6.07, 6.45) is 0. The molecule has 0 atom stereocenters. The second-order valence-corrected chi connectivity index (χ2v) is 6.03. The minimum Gasteiger partial charge on any atom is -0.367 e. The first-order chi connectivity index (χ1) is 9.47. The third-order valence-electron chi connectivity index (χ3n) is 3.58. The predicted octanol–water partition coefficient (Wildman–Crippen LogP) is 2.69. The van der Waals surface area contributed by atoms with Crippen molar-refractivity contribution in [2.24, 2.45) is 5.92 Å². The average molecular weight is 296 g/mol. The molecule has 1 aliphatic heterocycles. The standard InChI is InChI=1S/C15H22ClN3O/c1-11(2)15(20)17-13-10-12(16)4-5-14(13)19-8-6-18(3)7-9-19/h4-5,10-11H,6-9H2,1-3H3,(H,17,20). The number of hydrogen-bond acceptors (Lipinski definition) is 3. The van der Waals surface area contributed by atoms with Gasteiger partial charge in [0.1, 0.15) is 0 Å². The Hall–Kier alpha value is -1.26. The summed E-state index contributed by atoms with van der Waals surface area (Å²) in [6.45, 7) is 7.75. The van der Waals surface area contributed by atoms with Crippen LogP contribution >= 0.6 is 11.6 Å². The SMILES string of the molecule is CC(C)C(=O)Nc1cc(Cl)ccc1N1CCN(C)CC1. The van der Waals surface area contributed by atoms with Crippen LogP contribution in [-0.4, -0.2) is 44.0 Å². The number of hydrogen-bond donors (Lipinski definition) is 1. The van der Waals surface area contributed by atoms with Crippen molar-refractivity contribution in [3.05, 3.63) is 23.2 Å². The third-order valence-corrected chi connectivity index (χ3v) is 3.82. The molecule has 0 spiro atoms. The first-order valence-electron chi connectivity index (χ1n) is 7.01. The molecular formula is C15H22ClN3O. The number of nitrogens with one attached hydrogen (secondary N) is 1. The van der Waals surface area contributed by atoms with E-state index in [1.54, 1.807) is 0 Å². The van der Waals surface area contributed by atoms with E-state index in [4.69, 9.17) is 11.6 Å². The van der Waals surface area contributed by atoms with E-state index < -0.39 is 0 Å². The Kier molecular flexibility index (Phi) is 4.89. The zero-order valence-corrected chi connectivity index (χ0v) is 13.1. The van der Waals surface area contributed by atoms with E-state index in [-0.39, 0.29) is 11.8 Å². The number of anilines is 2. The second kappa shape index (κ2) is 6.46. The van der Waals surface area contributed by atoms with Crippen molar-refractivity contribution in [2.75, 3.05) is 43.4 Å². The molecular weight excluding hydrogens is 274 g/mol. The van der Waals surface area contributed by atoms with Crippen molar-refractivity contribution in [1.82, 2.24) is 4.90 Å². The van der Waals surface area contributed by atoms with Gasteiger partial charge in [-0.25, -0.2) is 0 Å². The van der Waals surface area contributed by atoms with E-state index in [1.165, 1.54) is 0 Å². The minimum atomic E-state index is -0.0469. The molecule has 1 aliphatic rings. The molecule has 1 aromatic rings. The zero-order valence-electron chi connectivity index (χ0n) is 12.3. The molecule has 0 aliphatic carbocycles. The lowest BCUT2D eigenvalue weighted by Gasteiger charge is -2.35. The van der Waals surface area contributed by atoms with E-state index in [1.807, 2.05) is 32.0 Å². The number of amides is 1. The Morgan fingerprint density at radius 3 is 2.50 bits per heavy atom. The number of benzene rings is 1. The van der Waals surface area contributed by atoms with Crippen molar-refractivity contribution in [3.8, 4) is 0 Å². The maximum absolute atomic E-state index is 11.9. The van der Waals surface area contributed by atoms with Crippen molar-refractivity contribution in [3.63, 3.8) is 0 Å². The number of likely N-dealkylation sites (N-methyl/N-ethyl adjacent to an activating group) is 1. The van der Waals surface area contributed by atoms with Crippen LogP contribution in [0.2, 0.25) is 5.02 Å². The number of nitrogens with zero attached hydrogens (tertiary/aromatic N) is 2. The summed E-state index contributed by atoms with van der Waals surface area (Å²) in [5.41, 5.74) is 1.86. The highest BCUT2D eigenvalue weighted by atomic mass is 35.5. The van der Waals surface area contributed by atoms with E-state index in [0.717, 1.165) is 37.6 Å². The van der Waals surface area contributed by atoms with E-state index in [9.17, 15) is 4.79 Å². The molecule has 1 amide bonds. The van der Waals surface area contributed by atoms with Crippen LogP contribution in [-0.2, 0) is 4.79 Å². The van der Waals surface area contributed by atoms with Crippen molar-refractivity contribution < 1.29 is 4.79 Å². The van der Waals surface area contributed by atoms with Crippen LogP contribution in [0, 0.1) is 5.92 Å². The Balaban J connectivity index is 2.21. The fourth-order valence-corrected chi connectivity index (χ4v) is 2.38. The van der Waals surface area contributed by atoms with Crippen molar-refractivity contribution in [1.29, 1.82) is 0 Å². The molecule has 1 fully saturated rings. The van der Waals surface area contributed by atoms with Crippen LogP contribution < -0.4 is 10.2 Å². The summed E-state index contributed by atoms with van der Waals surface area (Å²) in [5.74, 6) is -0.0306. The Morgan fingerprint density at radius 2 is 1.90 bits per heavy atom. The highest BCUT2D eigenvalue weighted by molar-refractivity contribution is 6.31. The van der Waals surface area contributed by atoms with Gasteiger partial charge in [0.25, 0.3) is 0 Å². The molecule has 0 radical (unpaired) electrons. The van der Waals surface area contributed by atoms with Gasteiger partial charge in [-0.2, -0.15) is 0 Å². The van der Waals surface area contributed by atoms with Gasteiger partial charge in [-0.05, 0) is 25.2 Å². The number of rotatable bonds is 3. The summed E-state index contributed by atoms with van der Waals surface area (Å²) in [6, 6.07) is 5.69. The number of halogens is 1. The van der Waals surface area contributed by atoms with Gasteiger partial charge < -0.3 is 15.1 Å². The van der Waals surface area contributed by atoms with E-state index >= 15 is 0 Å². The van der Waals surface area contributed by atoms with Gasteiger partial charge in [0, 0.05) is 37.1 Å². The summed E-state index contributed by atoms with van der Waals surface area (Å²) < 4.78 is 0. The zero-order chi connectivity index (χ0) is 14.7. The molecule has 5 heteroatoms. The van der Waals surface area contributed by atoms with Gasteiger partial charge in [0.15, 0.2) is 0 Å². The molecule has 2 rings (SSSR count). The van der Waals surface area contributed by atoms with Gasteiger partial charge in [-0.3, -0.25) is 4.79 Å². The molecule has 1 saturated heterocycles. The van der Waals surface area contributed by atoms with Gasteiger partial charge in [-0.1, -0.05) is 25.4 Å².